The van der Waals surface area contributed by atoms with E-state index in [-0.39, 0.29) is 5.41 Å². The Morgan fingerprint density at radius 3 is 2.65 bits per heavy atom. The van der Waals surface area contributed by atoms with Gasteiger partial charge in [-0.3, -0.25) is 0 Å². The zero-order chi connectivity index (χ0) is 12.5. The molecule has 0 saturated carbocycles. The minimum absolute atomic E-state index is 0.277. The molecule has 0 radical (unpaired) electrons. The van der Waals surface area contributed by atoms with Gasteiger partial charge in [-0.1, -0.05) is 32.9 Å². The van der Waals surface area contributed by atoms with Gasteiger partial charge in [0, 0.05) is 12.2 Å². The van der Waals surface area contributed by atoms with Gasteiger partial charge in [0.25, 0.3) is 0 Å². The zero-order valence-electron chi connectivity index (χ0n) is 11.4. The molecule has 0 aromatic heterocycles. The van der Waals surface area contributed by atoms with Crippen LogP contribution in [0.5, 0.6) is 0 Å². The molecule has 0 bridgehead atoms. The fraction of sp³-hybridized carbons (Fsp3) is 0.500. The van der Waals surface area contributed by atoms with Crippen molar-refractivity contribution in [1.29, 1.82) is 0 Å². The van der Waals surface area contributed by atoms with E-state index >= 15 is 0 Å². The molecule has 1 aliphatic carbocycles. The Bertz CT molecular complexity index is 441. The Labute approximate surface area is 105 Å². The summed E-state index contributed by atoms with van der Waals surface area (Å²) in [7, 11) is 0. The summed E-state index contributed by atoms with van der Waals surface area (Å²) in [5.74, 6) is 0. The summed E-state index contributed by atoms with van der Waals surface area (Å²) in [6.45, 7) is 10.0. The second-order valence-electron chi connectivity index (χ2n) is 5.46. The molecule has 0 amide bonds. The standard InChI is InChI=1S/C16H23N/c1-5-12-9-10-16(3,4)15-8-7-13(17-6-2)11-14(12)15/h7-9,11,17H,5-6,10H2,1-4H3. The van der Waals surface area contributed by atoms with Crippen molar-refractivity contribution in [2.24, 2.45) is 0 Å². The van der Waals surface area contributed by atoms with Crippen LogP contribution in [-0.4, -0.2) is 6.54 Å². The second kappa shape index (κ2) is 4.56. The molecular formula is C16H23N. The van der Waals surface area contributed by atoms with Gasteiger partial charge < -0.3 is 5.32 Å². The van der Waals surface area contributed by atoms with Crippen LogP contribution >= 0.6 is 0 Å². The van der Waals surface area contributed by atoms with Crippen molar-refractivity contribution in [3.63, 3.8) is 0 Å². The van der Waals surface area contributed by atoms with Crippen molar-refractivity contribution >= 4 is 11.3 Å². The lowest BCUT2D eigenvalue weighted by atomic mass is 9.73. The minimum atomic E-state index is 0.277. The highest BCUT2D eigenvalue weighted by molar-refractivity contribution is 5.74. The number of benzene rings is 1. The first-order chi connectivity index (χ1) is 8.08. The van der Waals surface area contributed by atoms with Crippen LogP contribution in [0.1, 0.15) is 51.7 Å². The molecule has 17 heavy (non-hydrogen) atoms. The van der Waals surface area contributed by atoms with E-state index < -0.39 is 0 Å². The maximum absolute atomic E-state index is 3.40. The molecule has 1 aromatic rings. The van der Waals surface area contributed by atoms with E-state index in [1.165, 1.54) is 22.4 Å². The summed E-state index contributed by atoms with van der Waals surface area (Å²) in [4.78, 5) is 0. The Balaban J connectivity index is 2.50. The van der Waals surface area contributed by atoms with Gasteiger partial charge in [-0.05, 0) is 54.0 Å². The molecule has 0 atom stereocenters. The van der Waals surface area contributed by atoms with Crippen LogP contribution in [-0.2, 0) is 5.41 Å². The van der Waals surface area contributed by atoms with Crippen molar-refractivity contribution in [2.45, 2.75) is 46.0 Å². The van der Waals surface area contributed by atoms with Crippen LogP contribution in [0, 0.1) is 0 Å². The first-order valence-corrected chi connectivity index (χ1v) is 6.66. The van der Waals surface area contributed by atoms with Crippen LogP contribution in [0.3, 0.4) is 0 Å². The Morgan fingerprint density at radius 1 is 1.24 bits per heavy atom. The first-order valence-electron chi connectivity index (χ1n) is 6.66. The number of anilines is 1. The van der Waals surface area contributed by atoms with Gasteiger partial charge >= 0.3 is 0 Å². The highest BCUT2D eigenvalue weighted by Gasteiger charge is 2.27. The summed E-state index contributed by atoms with van der Waals surface area (Å²) < 4.78 is 0. The van der Waals surface area contributed by atoms with E-state index in [0.717, 1.165) is 19.4 Å². The van der Waals surface area contributed by atoms with Gasteiger partial charge in [0.2, 0.25) is 0 Å². The predicted molar refractivity (Wildman–Crippen MR) is 76.5 cm³/mol. The third-order valence-corrected chi connectivity index (χ3v) is 3.72. The zero-order valence-corrected chi connectivity index (χ0v) is 11.4. The van der Waals surface area contributed by atoms with Gasteiger partial charge in [0.1, 0.15) is 0 Å². The predicted octanol–water partition coefficient (Wildman–Crippen LogP) is 4.59. The van der Waals surface area contributed by atoms with Crippen molar-refractivity contribution in [2.75, 3.05) is 11.9 Å². The summed E-state index contributed by atoms with van der Waals surface area (Å²) in [6, 6.07) is 6.83. The maximum atomic E-state index is 3.40. The number of fused-ring (bicyclic) bond motifs is 1. The monoisotopic (exact) mass is 229 g/mol. The normalized spacial score (nSPS) is 17.3. The summed E-state index contributed by atoms with van der Waals surface area (Å²) in [6.07, 6.45) is 4.69. The lowest BCUT2D eigenvalue weighted by Gasteiger charge is -2.32. The van der Waals surface area contributed by atoms with Crippen molar-refractivity contribution < 1.29 is 0 Å². The van der Waals surface area contributed by atoms with E-state index in [9.17, 15) is 0 Å². The van der Waals surface area contributed by atoms with E-state index in [4.69, 9.17) is 0 Å². The van der Waals surface area contributed by atoms with Crippen LogP contribution in [0.2, 0.25) is 0 Å². The van der Waals surface area contributed by atoms with Gasteiger partial charge in [0.05, 0.1) is 0 Å². The fourth-order valence-electron chi connectivity index (χ4n) is 2.65. The van der Waals surface area contributed by atoms with Crippen LogP contribution in [0.4, 0.5) is 5.69 Å². The van der Waals surface area contributed by atoms with E-state index in [0.29, 0.717) is 0 Å². The van der Waals surface area contributed by atoms with E-state index in [1.807, 2.05) is 0 Å². The molecule has 0 aliphatic heterocycles. The van der Waals surface area contributed by atoms with E-state index in [2.05, 4.69) is 57.3 Å². The molecule has 2 rings (SSSR count). The Kier molecular flexibility index (Phi) is 3.28. The van der Waals surface area contributed by atoms with E-state index in [1.54, 1.807) is 0 Å². The molecule has 0 spiro atoms. The smallest absolute Gasteiger partial charge is 0.0346 e. The summed E-state index contributed by atoms with van der Waals surface area (Å²) in [5, 5.41) is 3.40. The molecular weight excluding hydrogens is 206 g/mol. The SMILES string of the molecule is CCNc1ccc2c(c1)C(CC)=CCC2(C)C. The highest BCUT2D eigenvalue weighted by Crippen LogP contribution is 2.40. The number of hydrogen-bond acceptors (Lipinski definition) is 1. The third kappa shape index (κ3) is 2.24. The Hall–Kier alpha value is -1.24. The lowest BCUT2D eigenvalue weighted by Crippen LogP contribution is -2.21. The number of rotatable bonds is 3. The highest BCUT2D eigenvalue weighted by atomic mass is 14.8. The number of hydrogen-bond donors (Lipinski definition) is 1. The maximum Gasteiger partial charge on any atom is 0.0346 e. The van der Waals surface area contributed by atoms with Crippen molar-refractivity contribution in [3.8, 4) is 0 Å². The minimum Gasteiger partial charge on any atom is -0.385 e. The quantitative estimate of drug-likeness (QED) is 0.799. The second-order valence-corrected chi connectivity index (χ2v) is 5.46. The molecule has 1 aliphatic rings. The molecule has 1 heteroatoms. The van der Waals surface area contributed by atoms with Gasteiger partial charge in [-0.2, -0.15) is 0 Å². The average Bonchev–Trinajstić information content (AvgIpc) is 2.29. The van der Waals surface area contributed by atoms with Crippen LogP contribution in [0.15, 0.2) is 24.3 Å². The molecule has 1 nitrogen and oxygen atoms in total. The molecule has 92 valence electrons. The number of allylic oxidation sites excluding steroid dienone is 2. The molecule has 1 aromatic carbocycles. The van der Waals surface area contributed by atoms with Crippen LogP contribution in [0.25, 0.3) is 5.57 Å². The Morgan fingerprint density at radius 2 is 2.00 bits per heavy atom. The summed E-state index contributed by atoms with van der Waals surface area (Å²) in [5.41, 5.74) is 5.96. The summed E-state index contributed by atoms with van der Waals surface area (Å²) >= 11 is 0. The van der Waals surface area contributed by atoms with Gasteiger partial charge in [-0.25, -0.2) is 0 Å². The fourth-order valence-corrected chi connectivity index (χ4v) is 2.65. The molecule has 0 unspecified atom stereocenters. The molecule has 0 heterocycles. The third-order valence-electron chi connectivity index (χ3n) is 3.72. The molecule has 0 fully saturated rings. The van der Waals surface area contributed by atoms with Gasteiger partial charge in [0.15, 0.2) is 0 Å². The van der Waals surface area contributed by atoms with Crippen molar-refractivity contribution in [3.05, 3.63) is 35.4 Å². The first kappa shape index (κ1) is 12.2. The number of nitrogens with one attached hydrogen (secondary N) is 1. The van der Waals surface area contributed by atoms with Gasteiger partial charge in [-0.15, -0.1) is 0 Å². The average molecular weight is 229 g/mol. The topological polar surface area (TPSA) is 12.0 Å². The lowest BCUT2D eigenvalue weighted by molar-refractivity contribution is 0.526. The van der Waals surface area contributed by atoms with Crippen molar-refractivity contribution in [1.82, 2.24) is 0 Å². The molecule has 0 saturated heterocycles. The van der Waals surface area contributed by atoms with Crippen LogP contribution < -0.4 is 5.32 Å². The largest absolute Gasteiger partial charge is 0.385 e. The molecule has 1 N–H and O–H groups in total.